The van der Waals surface area contributed by atoms with E-state index in [2.05, 4.69) is 10.2 Å². The van der Waals surface area contributed by atoms with Crippen LogP contribution in [0.25, 0.3) is 0 Å². The van der Waals surface area contributed by atoms with E-state index in [1.54, 1.807) is 36.4 Å². The number of hydrogen-bond acceptors (Lipinski definition) is 3. The number of nitrogens with one attached hydrogen (secondary N) is 1. The quantitative estimate of drug-likeness (QED) is 0.793. The molecule has 2 aromatic carbocycles. The van der Waals surface area contributed by atoms with E-state index in [-0.39, 0.29) is 18.0 Å². The van der Waals surface area contributed by atoms with Gasteiger partial charge in [0, 0.05) is 24.8 Å². The normalized spacial score (nSPS) is 18.8. The average molecular weight is 404 g/mol. The molecule has 0 spiro atoms. The molecule has 1 atom stereocenters. The molecular weight excluding hydrogens is 385 g/mol. The van der Waals surface area contributed by atoms with E-state index in [1.165, 1.54) is 0 Å². The summed E-state index contributed by atoms with van der Waals surface area (Å²) in [5.74, 6) is -0.215. The Morgan fingerprint density at radius 1 is 1.11 bits per heavy atom. The molecule has 4 rings (SSSR count). The maximum atomic E-state index is 12.8. The van der Waals surface area contributed by atoms with Crippen LogP contribution in [0.4, 0.5) is 11.4 Å². The minimum atomic E-state index is -0.261. The second kappa shape index (κ2) is 7.06. The fourth-order valence-electron chi connectivity index (χ4n) is 3.79. The van der Waals surface area contributed by atoms with Gasteiger partial charge in [-0.15, -0.1) is 0 Å². The van der Waals surface area contributed by atoms with Crippen LogP contribution in [0.1, 0.15) is 40.0 Å². The van der Waals surface area contributed by atoms with Gasteiger partial charge in [0.15, 0.2) is 0 Å². The molecule has 1 saturated heterocycles. The highest BCUT2D eigenvalue weighted by Gasteiger charge is 2.37. The third kappa shape index (κ3) is 3.26. The van der Waals surface area contributed by atoms with Crippen LogP contribution in [-0.2, 0) is 0 Å². The number of nitrogens with zero attached hydrogens (tertiary/aromatic N) is 2. The minimum Gasteiger partial charge on any atom is -0.354 e. The molecule has 2 aromatic rings. The molecule has 7 heteroatoms. The summed E-state index contributed by atoms with van der Waals surface area (Å²) in [6.07, 6.45) is 3.15. The van der Waals surface area contributed by atoms with E-state index in [0.29, 0.717) is 26.9 Å². The summed E-state index contributed by atoms with van der Waals surface area (Å²) < 4.78 is 0. The third-order valence-electron chi connectivity index (χ3n) is 5.23. The summed E-state index contributed by atoms with van der Waals surface area (Å²) in [6, 6.07) is 10.1. The number of halogens is 2. The summed E-state index contributed by atoms with van der Waals surface area (Å²) in [5, 5.41) is 3.63. The van der Waals surface area contributed by atoms with Crippen molar-refractivity contribution < 1.29 is 9.59 Å². The van der Waals surface area contributed by atoms with Gasteiger partial charge >= 0.3 is 0 Å². The van der Waals surface area contributed by atoms with Gasteiger partial charge in [-0.25, -0.2) is 0 Å². The smallest absolute Gasteiger partial charge is 0.257 e. The van der Waals surface area contributed by atoms with Crippen molar-refractivity contribution in [3.05, 3.63) is 57.6 Å². The second-order valence-corrected chi connectivity index (χ2v) is 7.72. The fraction of sp³-hybridized carbons (Fsp3) is 0.300. The Morgan fingerprint density at radius 3 is 2.70 bits per heavy atom. The van der Waals surface area contributed by atoms with E-state index in [9.17, 15) is 9.59 Å². The van der Waals surface area contributed by atoms with Gasteiger partial charge in [-0.1, -0.05) is 23.2 Å². The van der Waals surface area contributed by atoms with Gasteiger partial charge in [0.1, 0.15) is 6.17 Å². The number of anilines is 2. The highest BCUT2D eigenvalue weighted by Crippen LogP contribution is 2.35. The van der Waals surface area contributed by atoms with E-state index in [1.807, 2.05) is 11.9 Å². The van der Waals surface area contributed by atoms with Crippen molar-refractivity contribution in [3.63, 3.8) is 0 Å². The second-order valence-electron chi connectivity index (χ2n) is 6.90. The molecule has 0 aromatic heterocycles. The van der Waals surface area contributed by atoms with E-state index < -0.39 is 0 Å². The number of hydrogen-bond donors (Lipinski definition) is 1. The topological polar surface area (TPSA) is 52.7 Å². The average Bonchev–Trinajstić information content (AvgIpc) is 2.68. The van der Waals surface area contributed by atoms with Crippen molar-refractivity contribution in [2.24, 2.45) is 0 Å². The Morgan fingerprint density at radius 2 is 1.93 bits per heavy atom. The summed E-state index contributed by atoms with van der Waals surface area (Å²) in [4.78, 5) is 29.5. The Kier molecular flexibility index (Phi) is 4.74. The zero-order valence-electron chi connectivity index (χ0n) is 14.8. The molecule has 27 heavy (non-hydrogen) atoms. The monoisotopic (exact) mass is 403 g/mol. The molecule has 1 N–H and O–H groups in total. The SMILES string of the molecule is CN1c2cc(C(=O)Nc3ccc(Cl)c(Cl)c3)ccc2C(=O)N2CCCC[C@H]21. The Balaban J connectivity index is 1.62. The number of piperidine rings is 1. The first-order valence-electron chi connectivity index (χ1n) is 8.90. The Hall–Kier alpha value is -2.24. The van der Waals surface area contributed by atoms with Crippen LogP contribution in [0.5, 0.6) is 0 Å². The largest absolute Gasteiger partial charge is 0.354 e. The van der Waals surface area contributed by atoms with Crippen molar-refractivity contribution in [2.75, 3.05) is 23.8 Å². The minimum absolute atomic E-state index is 0.0456. The van der Waals surface area contributed by atoms with Crippen molar-refractivity contribution in [2.45, 2.75) is 25.4 Å². The van der Waals surface area contributed by atoms with Crippen LogP contribution in [0.2, 0.25) is 10.0 Å². The number of benzene rings is 2. The molecule has 2 amide bonds. The molecule has 2 aliphatic heterocycles. The summed E-state index contributed by atoms with van der Waals surface area (Å²) in [5.41, 5.74) is 2.49. The first-order valence-corrected chi connectivity index (χ1v) is 9.65. The van der Waals surface area contributed by atoms with E-state index in [4.69, 9.17) is 23.2 Å². The van der Waals surface area contributed by atoms with Gasteiger partial charge < -0.3 is 15.1 Å². The number of rotatable bonds is 2. The number of carbonyl (C=O) groups is 2. The molecule has 140 valence electrons. The van der Waals surface area contributed by atoms with Gasteiger partial charge in [0.25, 0.3) is 11.8 Å². The van der Waals surface area contributed by atoms with Crippen molar-refractivity contribution in [1.82, 2.24) is 4.90 Å². The lowest BCUT2D eigenvalue weighted by Crippen LogP contribution is -2.55. The lowest BCUT2D eigenvalue weighted by Gasteiger charge is -2.46. The predicted octanol–water partition coefficient (Wildman–Crippen LogP) is 4.65. The van der Waals surface area contributed by atoms with Gasteiger partial charge in [-0.05, 0) is 55.7 Å². The standard InChI is InChI=1S/C20H19Cl2N3O2/c1-24-17-10-12(19(26)23-13-6-8-15(21)16(22)11-13)5-7-14(17)20(27)25-9-3-2-4-18(24)25/h5-8,10-11,18H,2-4,9H2,1H3,(H,23,26)/t18-/m0/s1. The zero-order valence-corrected chi connectivity index (χ0v) is 16.3. The molecule has 1 fully saturated rings. The lowest BCUT2D eigenvalue weighted by atomic mass is 9.97. The Labute approximate surface area is 167 Å². The van der Waals surface area contributed by atoms with Crippen LogP contribution in [0, 0.1) is 0 Å². The molecular formula is C20H19Cl2N3O2. The Bertz CT molecular complexity index is 931. The van der Waals surface area contributed by atoms with Gasteiger partial charge in [-0.2, -0.15) is 0 Å². The third-order valence-corrected chi connectivity index (χ3v) is 5.97. The molecule has 2 aliphatic rings. The van der Waals surface area contributed by atoms with Gasteiger partial charge in [0.05, 0.1) is 21.3 Å². The first-order chi connectivity index (χ1) is 13.0. The summed E-state index contributed by atoms with van der Waals surface area (Å²) in [6.45, 7) is 0.785. The fourth-order valence-corrected chi connectivity index (χ4v) is 4.09. The zero-order chi connectivity index (χ0) is 19.1. The first kappa shape index (κ1) is 18.1. The van der Waals surface area contributed by atoms with Crippen molar-refractivity contribution in [3.8, 4) is 0 Å². The number of carbonyl (C=O) groups excluding carboxylic acids is 2. The molecule has 0 radical (unpaired) electrons. The lowest BCUT2D eigenvalue weighted by molar-refractivity contribution is 0.0589. The van der Waals surface area contributed by atoms with Crippen LogP contribution in [0.3, 0.4) is 0 Å². The van der Waals surface area contributed by atoms with E-state index in [0.717, 1.165) is 31.5 Å². The molecule has 0 saturated carbocycles. The van der Waals surface area contributed by atoms with Gasteiger partial charge in [-0.3, -0.25) is 9.59 Å². The molecule has 2 heterocycles. The molecule has 0 unspecified atom stereocenters. The van der Waals surface area contributed by atoms with Gasteiger partial charge in [0.2, 0.25) is 0 Å². The molecule has 5 nitrogen and oxygen atoms in total. The summed E-state index contributed by atoms with van der Waals surface area (Å²) in [7, 11) is 1.98. The van der Waals surface area contributed by atoms with E-state index >= 15 is 0 Å². The maximum Gasteiger partial charge on any atom is 0.257 e. The van der Waals surface area contributed by atoms with Crippen LogP contribution < -0.4 is 10.2 Å². The van der Waals surface area contributed by atoms with Crippen LogP contribution in [-0.4, -0.2) is 36.5 Å². The highest BCUT2D eigenvalue weighted by atomic mass is 35.5. The summed E-state index contributed by atoms with van der Waals surface area (Å²) >= 11 is 11.9. The maximum absolute atomic E-state index is 12.8. The number of amides is 2. The van der Waals surface area contributed by atoms with Crippen LogP contribution >= 0.6 is 23.2 Å². The van der Waals surface area contributed by atoms with Crippen LogP contribution in [0.15, 0.2) is 36.4 Å². The predicted molar refractivity (Wildman–Crippen MR) is 108 cm³/mol. The number of fused-ring (bicyclic) bond motifs is 2. The highest BCUT2D eigenvalue weighted by molar-refractivity contribution is 6.42. The molecule has 0 aliphatic carbocycles. The van der Waals surface area contributed by atoms with Crippen molar-refractivity contribution in [1.29, 1.82) is 0 Å². The van der Waals surface area contributed by atoms with Crippen molar-refractivity contribution >= 4 is 46.4 Å². The molecule has 0 bridgehead atoms.